The summed E-state index contributed by atoms with van der Waals surface area (Å²) in [5, 5.41) is 0. The molecule has 92 valence electrons. The van der Waals surface area contributed by atoms with Crippen LogP contribution in [0, 0.1) is 6.08 Å². The van der Waals surface area contributed by atoms with Crippen molar-refractivity contribution in [2.45, 2.75) is 6.42 Å². The molecule has 0 spiro atoms. The van der Waals surface area contributed by atoms with Crippen LogP contribution in [0.5, 0.6) is 0 Å². The summed E-state index contributed by atoms with van der Waals surface area (Å²) in [4.78, 5) is 0. The molecule has 0 amide bonds. The molecule has 1 aliphatic carbocycles. The average Bonchev–Trinajstić information content (AvgIpc) is 2.88. The van der Waals surface area contributed by atoms with Crippen molar-refractivity contribution in [3.8, 4) is 0 Å². The van der Waals surface area contributed by atoms with E-state index in [9.17, 15) is 0 Å². The van der Waals surface area contributed by atoms with E-state index >= 15 is 0 Å². The van der Waals surface area contributed by atoms with E-state index in [2.05, 4.69) is 48.2 Å². The van der Waals surface area contributed by atoms with Gasteiger partial charge >= 0.3 is 0 Å². The molecular weight excluding hydrogens is 232 g/mol. The monoisotopic (exact) mass is 247 g/mol. The smallest absolute Gasteiger partial charge is 0.147 e. The van der Waals surface area contributed by atoms with Crippen LogP contribution in [0.15, 0.2) is 77.1 Å². The van der Waals surface area contributed by atoms with Gasteiger partial charge in [0.15, 0.2) is 0 Å². The molecular formula is C18H15O+. The first-order chi connectivity index (χ1) is 9.42. The molecule has 0 saturated carbocycles. The fourth-order valence-electron chi connectivity index (χ4n) is 2.13. The third-order valence-electron chi connectivity index (χ3n) is 3.09. The predicted molar refractivity (Wildman–Crippen MR) is 76.6 cm³/mol. The van der Waals surface area contributed by atoms with Gasteiger partial charge in [0.25, 0.3) is 0 Å². The van der Waals surface area contributed by atoms with Crippen molar-refractivity contribution in [1.29, 1.82) is 0 Å². The number of allylic oxidation sites excluding steroid dienone is 4. The average molecular weight is 247 g/mol. The minimum atomic E-state index is 0.623. The van der Waals surface area contributed by atoms with Crippen LogP contribution in [0.4, 0.5) is 0 Å². The first-order valence-corrected chi connectivity index (χ1v) is 6.51. The second kappa shape index (κ2) is 5.65. The van der Waals surface area contributed by atoms with E-state index in [1.807, 2.05) is 18.2 Å². The van der Waals surface area contributed by atoms with Gasteiger partial charge in [-0.2, -0.15) is 0 Å². The summed E-state index contributed by atoms with van der Waals surface area (Å²) in [5.41, 5.74) is 7.83. The van der Waals surface area contributed by atoms with Gasteiger partial charge in [-0.3, -0.25) is 0 Å². The van der Waals surface area contributed by atoms with E-state index in [0.29, 0.717) is 13.2 Å². The van der Waals surface area contributed by atoms with Gasteiger partial charge < -0.3 is 4.74 Å². The van der Waals surface area contributed by atoms with E-state index < -0.39 is 0 Å². The van der Waals surface area contributed by atoms with E-state index in [4.69, 9.17) is 4.74 Å². The lowest BCUT2D eigenvalue weighted by atomic mass is 10.0. The van der Waals surface area contributed by atoms with E-state index in [1.165, 1.54) is 0 Å². The van der Waals surface area contributed by atoms with Crippen LogP contribution in [0.2, 0.25) is 0 Å². The van der Waals surface area contributed by atoms with Crippen molar-refractivity contribution in [3.63, 3.8) is 0 Å². The first kappa shape index (κ1) is 11.9. The molecule has 1 saturated heterocycles. The molecule has 0 radical (unpaired) electrons. The second-order valence-electron chi connectivity index (χ2n) is 4.56. The highest BCUT2D eigenvalue weighted by molar-refractivity contribution is 5.43. The second-order valence-corrected chi connectivity index (χ2v) is 4.56. The van der Waals surface area contributed by atoms with Crippen LogP contribution in [0.3, 0.4) is 0 Å². The van der Waals surface area contributed by atoms with Crippen molar-refractivity contribution < 1.29 is 4.74 Å². The molecule has 0 aromatic heterocycles. The zero-order valence-electron chi connectivity index (χ0n) is 10.7. The van der Waals surface area contributed by atoms with Gasteiger partial charge in [0, 0.05) is 23.8 Å². The molecule has 0 atom stereocenters. The Kier molecular flexibility index (Phi) is 3.54. The van der Waals surface area contributed by atoms with Gasteiger partial charge in [-0.25, -0.2) is 0 Å². The third kappa shape index (κ3) is 2.99. The standard InChI is InChI=1S/C18H15O/c1-3-7-15(8-4-1)11-17-13-19-14-18(17)12-16-9-5-2-6-10-16/h1,3-10H,2,13-14H2/q+1. The maximum Gasteiger partial charge on any atom is 0.147 e. The van der Waals surface area contributed by atoms with Crippen molar-refractivity contribution in [1.82, 2.24) is 0 Å². The van der Waals surface area contributed by atoms with Crippen LogP contribution in [-0.2, 0) is 4.74 Å². The highest BCUT2D eigenvalue weighted by Crippen LogP contribution is 2.20. The largest absolute Gasteiger partial charge is 0.359 e. The molecule has 19 heavy (non-hydrogen) atoms. The summed E-state index contributed by atoms with van der Waals surface area (Å²) in [6, 6.07) is 10.2. The van der Waals surface area contributed by atoms with Crippen molar-refractivity contribution in [2.24, 2.45) is 0 Å². The fraction of sp³-hybridized carbons (Fsp3) is 0.167. The molecule has 0 unspecified atom stereocenters. The minimum absolute atomic E-state index is 0.623. The van der Waals surface area contributed by atoms with Gasteiger partial charge in [-0.1, -0.05) is 17.9 Å². The van der Waals surface area contributed by atoms with Gasteiger partial charge in [0.2, 0.25) is 0 Å². The zero-order chi connectivity index (χ0) is 12.9. The molecule has 3 rings (SSSR count). The number of hydrogen-bond acceptors (Lipinski definition) is 1. The Bertz CT molecular complexity index is 594. The fourth-order valence-corrected chi connectivity index (χ4v) is 2.13. The van der Waals surface area contributed by atoms with E-state index in [1.54, 1.807) is 0 Å². The lowest BCUT2D eigenvalue weighted by Crippen LogP contribution is -1.87. The quantitative estimate of drug-likeness (QED) is 0.542. The Hall–Kier alpha value is -2.17. The lowest BCUT2D eigenvalue weighted by Gasteiger charge is -1.95. The minimum Gasteiger partial charge on any atom is -0.359 e. The summed E-state index contributed by atoms with van der Waals surface area (Å²) in [6.07, 6.45) is 12.9. The van der Waals surface area contributed by atoms with Crippen LogP contribution in [-0.4, -0.2) is 13.2 Å². The molecule has 1 aromatic rings. The van der Waals surface area contributed by atoms with Crippen molar-refractivity contribution in [3.05, 3.63) is 88.7 Å². The third-order valence-corrected chi connectivity index (χ3v) is 3.09. The Labute approximate surface area is 113 Å². The summed E-state index contributed by atoms with van der Waals surface area (Å²) < 4.78 is 5.52. The summed E-state index contributed by atoms with van der Waals surface area (Å²) >= 11 is 0. The van der Waals surface area contributed by atoms with Gasteiger partial charge in [0.05, 0.1) is 0 Å². The Morgan fingerprint density at radius 2 is 1.79 bits per heavy atom. The normalized spacial score (nSPS) is 19.7. The Morgan fingerprint density at radius 3 is 2.58 bits per heavy atom. The predicted octanol–water partition coefficient (Wildman–Crippen LogP) is 3.76. The van der Waals surface area contributed by atoms with Gasteiger partial charge in [-0.15, -0.1) is 0 Å². The summed E-state index contributed by atoms with van der Waals surface area (Å²) in [5.74, 6) is 0. The van der Waals surface area contributed by atoms with Crippen LogP contribution >= 0.6 is 0 Å². The lowest BCUT2D eigenvalue weighted by molar-refractivity contribution is 0.215. The van der Waals surface area contributed by atoms with Gasteiger partial charge in [0.1, 0.15) is 29.9 Å². The van der Waals surface area contributed by atoms with E-state index in [-0.39, 0.29) is 0 Å². The molecule has 0 bridgehead atoms. The molecule has 1 heteroatoms. The highest BCUT2D eigenvalue weighted by Gasteiger charge is 2.20. The Balaban J connectivity index is 1.96. The van der Waals surface area contributed by atoms with E-state index in [0.717, 1.165) is 28.7 Å². The molecule has 1 nitrogen and oxygen atoms in total. The van der Waals surface area contributed by atoms with Crippen LogP contribution < -0.4 is 0 Å². The first-order valence-electron chi connectivity index (χ1n) is 6.51. The Morgan fingerprint density at radius 1 is 1.00 bits per heavy atom. The molecule has 2 aliphatic rings. The highest BCUT2D eigenvalue weighted by atomic mass is 16.5. The summed E-state index contributed by atoms with van der Waals surface area (Å²) in [7, 11) is 0. The van der Waals surface area contributed by atoms with Crippen molar-refractivity contribution >= 4 is 0 Å². The maximum atomic E-state index is 5.52. The maximum absolute atomic E-state index is 5.52. The molecule has 1 aromatic carbocycles. The molecule has 1 aliphatic heterocycles. The number of benzene rings is 1. The van der Waals surface area contributed by atoms with Gasteiger partial charge in [-0.05, 0) is 36.8 Å². The van der Waals surface area contributed by atoms with Crippen LogP contribution in [0.25, 0.3) is 0 Å². The summed E-state index contributed by atoms with van der Waals surface area (Å²) in [6.45, 7) is 1.25. The number of hydrogen-bond donors (Lipinski definition) is 0. The topological polar surface area (TPSA) is 9.23 Å². The van der Waals surface area contributed by atoms with Crippen LogP contribution in [0.1, 0.15) is 12.0 Å². The zero-order valence-corrected chi connectivity index (χ0v) is 10.7. The molecule has 1 fully saturated rings. The SMILES string of the molecule is C(=C1C=CCC=C1)=C1COCC1=[C+]c1ccccc1. The molecule has 1 heterocycles. The number of ether oxygens (including phenoxy) is 1. The van der Waals surface area contributed by atoms with Crippen molar-refractivity contribution in [2.75, 3.05) is 13.2 Å². The molecule has 0 N–H and O–H groups in total. The number of rotatable bonds is 1.